The highest BCUT2D eigenvalue weighted by atomic mass is 32.2. The summed E-state index contributed by atoms with van der Waals surface area (Å²) in [6.07, 6.45) is -0.112. The third-order valence-electron chi connectivity index (χ3n) is 3.63. The van der Waals surface area contributed by atoms with Crippen LogP contribution in [0, 0.1) is 0 Å². The Morgan fingerprint density at radius 1 is 1.50 bits per heavy atom. The quantitative estimate of drug-likeness (QED) is 0.812. The van der Waals surface area contributed by atoms with E-state index in [1.807, 2.05) is 11.8 Å². The first kappa shape index (κ1) is 15.6. The zero-order valence-corrected chi connectivity index (χ0v) is 13.0. The number of anilines is 1. The van der Waals surface area contributed by atoms with Gasteiger partial charge in [0.05, 0.1) is 19.3 Å². The van der Waals surface area contributed by atoms with Crippen molar-refractivity contribution in [2.45, 2.75) is 37.4 Å². The first-order valence-corrected chi connectivity index (χ1v) is 8.13. The zero-order chi connectivity index (χ0) is 14.5. The number of aliphatic hydroxyl groups excluding tert-OH is 1. The van der Waals surface area contributed by atoms with Gasteiger partial charge in [0.1, 0.15) is 0 Å². The normalized spacial score (nSPS) is 23.1. The van der Waals surface area contributed by atoms with Gasteiger partial charge in [0.25, 0.3) is 0 Å². The Balaban J connectivity index is 2.32. The largest absolute Gasteiger partial charge is 0.394 e. The molecule has 5 heteroatoms. The highest BCUT2D eigenvalue weighted by Crippen LogP contribution is 2.32. The fraction of sp³-hybridized carbons (Fsp3) is 0.600. The van der Waals surface area contributed by atoms with Crippen molar-refractivity contribution in [3.8, 4) is 0 Å². The Hall–Kier alpha value is -0.750. The standard InChI is InChI=1S/C15H24N2O2S/c1-3-20-15-6-4-5-14(13(15)7-16)17-8-12(9-18)19-10-11(17)2/h4-6,11-12,18H,3,7-10,16H2,1-2H3. The van der Waals surface area contributed by atoms with Crippen LogP contribution in [0.15, 0.2) is 23.1 Å². The van der Waals surface area contributed by atoms with Crippen LogP contribution in [0.5, 0.6) is 0 Å². The van der Waals surface area contributed by atoms with Crippen molar-refractivity contribution in [3.05, 3.63) is 23.8 Å². The summed E-state index contributed by atoms with van der Waals surface area (Å²) in [5.74, 6) is 1.04. The van der Waals surface area contributed by atoms with Gasteiger partial charge < -0.3 is 20.5 Å². The summed E-state index contributed by atoms with van der Waals surface area (Å²) in [5.41, 5.74) is 8.36. The molecule has 0 aliphatic carbocycles. The van der Waals surface area contributed by atoms with Gasteiger partial charge >= 0.3 is 0 Å². The van der Waals surface area contributed by atoms with E-state index in [2.05, 4.69) is 36.9 Å². The monoisotopic (exact) mass is 296 g/mol. The van der Waals surface area contributed by atoms with E-state index in [1.54, 1.807) is 0 Å². The van der Waals surface area contributed by atoms with Crippen LogP contribution < -0.4 is 10.6 Å². The molecule has 1 saturated heterocycles. The summed E-state index contributed by atoms with van der Waals surface area (Å²) in [6.45, 7) is 6.24. The molecule has 3 N–H and O–H groups in total. The maximum atomic E-state index is 9.33. The van der Waals surface area contributed by atoms with E-state index in [4.69, 9.17) is 10.5 Å². The second-order valence-corrected chi connectivity index (χ2v) is 6.34. The summed E-state index contributed by atoms with van der Waals surface area (Å²) < 4.78 is 5.61. The second-order valence-electron chi connectivity index (χ2n) is 5.03. The van der Waals surface area contributed by atoms with E-state index < -0.39 is 0 Å². The third-order valence-corrected chi connectivity index (χ3v) is 4.61. The minimum Gasteiger partial charge on any atom is -0.394 e. The fourth-order valence-electron chi connectivity index (χ4n) is 2.58. The Kier molecular flexibility index (Phi) is 5.72. The Morgan fingerprint density at radius 2 is 2.30 bits per heavy atom. The van der Waals surface area contributed by atoms with Crippen LogP contribution >= 0.6 is 11.8 Å². The van der Waals surface area contributed by atoms with Gasteiger partial charge in [-0.1, -0.05) is 13.0 Å². The van der Waals surface area contributed by atoms with Crippen LogP contribution in [0.1, 0.15) is 19.4 Å². The molecule has 0 aromatic heterocycles. The molecule has 2 atom stereocenters. The maximum absolute atomic E-state index is 9.33. The summed E-state index contributed by atoms with van der Waals surface area (Å²) >= 11 is 1.83. The number of ether oxygens (including phenoxy) is 1. The molecule has 1 aliphatic heterocycles. The van der Waals surface area contributed by atoms with Crippen molar-refractivity contribution < 1.29 is 9.84 Å². The minimum absolute atomic E-state index is 0.0601. The van der Waals surface area contributed by atoms with E-state index in [1.165, 1.54) is 16.1 Å². The van der Waals surface area contributed by atoms with Crippen LogP contribution in [0.25, 0.3) is 0 Å². The molecule has 0 spiro atoms. The molecule has 112 valence electrons. The van der Waals surface area contributed by atoms with Crippen LogP contribution in [0.2, 0.25) is 0 Å². The van der Waals surface area contributed by atoms with Gasteiger partial charge in [-0.3, -0.25) is 0 Å². The number of benzene rings is 1. The molecule has 2 rings (SSSR count). The molecule has 0 radical (unpaired) electrons. The number of aliphatic hydroxyl groups is 1. The first-order valence-electron chi connectivity index (χ1n) is 7.15. The predicted molar refractivity (Wildman–Crippen MR) is 84.4 cm³/mol. The van der Waals surface area contributed by atoms with Crippen molar-refractivity contribution in [3.63, 3.8) is 0 Å². The number of nitrogens with two attached hydrogens (primary N) is 1. The molecule has 1 aliphatic rings. The van der Waals surface area contributed by atoms with Crippen molar-refractivity contribution in [2.24, 2.45) is 5.73 Å². The number of hydrogen-bond acceptors (Lipinski definition) is 5. The molecule has 2 unspecified atom stereocenters. The van der Waals surface area contributed by atoms with Gasteiger partial charge in [0.2, 0.25) is 0 Å². The maximum Gasteiger partial charge on any atom is 0.0981 e. The zero-order valence-electron chi connectivity index (χ0n) is 12.2. The van der Waals surface area contributed by atoms with Crippen molar-refractivity contribution >= 4 is 17.4 Å². The molecule has 1 aromatic carbocycles. The molecular weight excluding hydrogens is 272 g/mol. The topological polar surface area (TPSA) is 58.7 Å². The molecule has 0 saturated carbocycles. The van der Waals surface area contributed by atoms with Crippen molar-refractivity contribution in [2.75, 3.05) is 30.4 Å². The van der Waals surface area contributed by atoms with Gasteiger partial charge in [0.15, 0.2) is 0 Å². The van der Waals surface area contributed by atoms with Crippen LogP contribution in [-0.2, 0) is 11.3 Å². The summed E-state index contributed by atoms with van der Waals surface area (Å²) in [4.78, 5) is 3.57. The average molecular weight is 296 g/mol. The number of thioether (sulfide) groups is 1. The minimum atomic E-state index is -0.112. The van der Waals surface area contributed by atoms with Crippen LogP contribution in [-0.4, -0.2) is 42.8 Å². The molecule has 0 amide bonds. The van der Waals surface area contributed by atoms with Crippen LogP contribution in [0.3, 0.4) is 0 Å². The SMILES string of the molecule is CCSc1cccc(N2CC(CO)OCC2C)c1CN. The lowest BCUT2D eigenvalue weighted by Gasteiger charge is -2.40. The van der Waals surface area contributed by atoms with Gasteiger partial charge in [-0.25, -0.2) is 0 Å². The predicted octanol–water partition coefficient (Wildman–Crippen LogP) is 1.84. The van der Waals surface area contributed by atoms with E-state index in [0.29, 0.717) is 25.7 Å². The number of rotatable bonds is 5. The highest BCUT2D eigenvalue weighted by Gasteiger charge is 2.27. The van der Waals surface area contributed by atoms with E-state index in [-0.39, 0.29) is 12.7 Å². The third kappa shape index (κ3) is 3.28. The Morgan fingerprint density at radius 3 is 2.95 bits per heavy atom. The number of morpholine rings is 1. The summed E-state index contributed by atoms with van der Waals surface area (Å²) in [5, 5.41) is 9.33. The molecule has 0 bridgehead atoms. The average Bonchev–Trinajstić information content (AvgIpc) is 2.48. The van der Waals surface area contributed by atoms with Crippen molar-refractivity contribution in [1.29, 1.82) is 0 Å². The Labute approximate surface area is 125 Å². The summed E-state index contributed by atoms with van der Waals surface area (Å²) in [6, 6.07) is 6.64. The smallest absolute Gasteiger partial charge is 0.0981 e. The number of nitrogens with zero attached hydrogens (tertiary/aromatic N) is 1. The van der Waals surface area contributed by atoms with E-state index in [9.17, 15) is 5.11 Å². The van der Waals surface area contributed by atoms with Crippen LogP contribution in [0.4, 0.5) is 5.69 Å². The fourth-order valence-corrected chi connectivity index (χ4v) is 3.43. The van der Waals surface area contributed by atoms with E-state index in [0.717, 1.165) is 5.75 Å². The lowest BCUT2D eigenvalue weighted by Crippen LogP contribution is -2.50. The van der Waals surface area contributed by atoms with Gasteiger partial charge in [0, 0.05) is 35.3 Å². The highest BCUT2D eigenvalue weighted by molar-refractivity contribution is 7.99. The molecule has 1 aromatic rings. The molecule has 1 fully saturated rings. The number of hydrogen-bond donors (Lipinski definition) is 2. The van der Waals surface area contributed by atoms with Gasteiger partial charge in [-0.05, 0) is 24.8 Å². The van der Waals surface area contributed by atoms with E-state index >= 15 is 0 Å². The lowest BCUT2D eigenvalue weighted by molar-refractivity contribution is -0.0103. The molecular formula is C15H24N2O2S. The molecule has 1 heterocycles. The summed E-state index contributed by atoms with van der Waals surface area (Å²) in [7, 11) is 0. The Bertz CT molecular complexity index is 442. The van der Waals surface area contributed by atoms with Gasteiger partial charge in [-0.15, -0.1) is 11.8 Å². The molecule has 4 nitrogen and oxygen atoms in total. The second kappa shape index (κ2) is 7.31. The van der Waals surface area contributed by atoms with Crippen molar-refractivity contribution in [1.82, 2.24) is 0 Å². The van der Waals surface area contributed by atoms with Gasteiger partial charge in [-0.2, -0.15) is 0 Å². The molecule has 20 heavy (non-hydrogen) atoms. The first-order chi connectivity index (χ1) is 9.71. The lowest BCUT2D eigenvalue weighted by atomic mass is 10.1.